The largest absolute Gasteiger partial charge is 0.573 e. The molecule has 3 atom stereocenters. The molecule has 0 saturated carbocycles. The lowest BCUT2D eigenvalue weighted by Crippen LogP contribution is -2.63. The van der Waals surface area contributed by atoms with Crippen LogP contribution in [0.3, 0.4) is 0 Å². The Kier molecular flexibility index (Phi) is 7.98. The van der Waals surface area contributed by atoms with Crippen molar-refractivity contribution in [3.63, 3.8) is 0 Å². The summed E-state index contributed by atoms with van der Waals surface area (Å²) in [7, 11) is 0. The number of nitrogens with one attached hydrogen (secondary N) is 1. The molecule has 0 radical (unpaired) electrons. The average Bonchev–Trinajstić information content (AvgIpc) is 2.80. The van der Waals surface area contributed by atoms with Crippen LogP contribution >= 0.6 is 11.6 Å². The molecule has 1 aromatic carbocycles. The third-order valence-corrected chi connectivity index (χ3v) is 5.59. The topological polar surface area (TPSA) is 93.6 Å². The Labute approximate surface area is 205 Å². The first-order valence-electron chi connectivity index (χ1n) is 10.3. The molecule has 0 spiro atoms. The van der Waals surface area contributed by atoms with E-state index >= 15 is 0 Å². The molecule has 15 heteroatoms. The van der Waals surface area contributed by atoms with E-state index in [1.807, 2.05) is 0 Å². The number of aromatic nitrogens is 2. The Morgan fingerprint density at radius 3 is 2.36 bits per heavy atom. The predicted molar refractivity (Wildman–Crippen MR) is 113 cm³/mol. The minimum Gasteiger partial charge on any atom is -0.406 e. The van der Waals surface area contributed by atoms with Gasteiger partial charge in [-0.25, -0.2) is 23.1 Å². The van der Waals surface area contributed by atoms with E-state index in [2.05, 4.69) is 20.0 Å². The van der Waals surface area contributed by atoms with Crippen molar-refractivity contribution in [1.82, 2.24) is 15.3 Å². The zero-order valence-electron chi connectivity index (χ0n) is 18.4. The van der Waals surface area contributed by atoms with Gasteiger partial charge in [0.05, 0.1) is 6.04 Å². The van der Waals surface area contributed by atoms with Crippen molar-refractivity contribution in [3.8, 4) is 5.75 Å². The number of halogens is 7. The van der Waals surface area contributed by atoms with Crippen molar-refractivity contribution < 1.29 is 45.4 Å². The number of carbonyl (C=O) groups is 2. The highest BCUT2D eigenvalue weighted by Crippen LogP contribution is 2.37. The first kappa shape index (κ1) is 27.5. The van der Waals surface area contributed by atoms with Crippen molar-refractivity contribution in [2.75, 3.05) is 18.1 Å². The zero-order valence-corrected chi connectivity index (χ0v) is 19.2. The smallest absolute Gasteiger partial charge is 0.406 e. The van der Waals surface area contributed by atoms with E-state index in [-0.39, 0.29) is 24.3 Å². The highest BCUT2D eigenvalue weighted by Gasteiger charge is 2.51. The number of rotatable bonds is 7. The Morgan fingerprint density at radius 2 is 1.83 bits per heavy atom. The van der Waals surface area contributed by atoms with Gasteiger partial charge >= 0.3 is 6.36 Å². The van der Waals surface area contributed by atoms with Gasteiger partial charge in [0, 0.05) is 30.3 Å². The number of ether oxygens (including phenoxy) is 2. The van der Waals surface area contributed by atoms with Crippen molar-refractivity contribution in [1.29, 1.82) is 0 Å². The Hall–Kier alpha value is -3.13. The minimum absolute atomic E-state index is 0.0801. The molecule has 196 valence electrons. The maximum absolute atomic E-state index is 14.4. The van der Waals surface area contributed by atoms with Gasteiger partial charge in [-0.2, -0.15) is 0 Å². The van der Waals surface area contributed by atoms with Gasteiger partial charge in [-0.05, 0) is 37.6 Å². The highest BCUT2D eigenvalue weighted by molar-refractivity contribution is 6.32. The predicted octanol–water partition coefficient (Wildman–Crippen LogP) is 3.70. The first-order valence-corrected chi connectivity index (χ1v) is 10.7. The van der Waals surface area contributed by atoms with Crippen LogP contribution < -0.4 is 15.0 Å². The second kappa shape index (κ2) is 10.5. The summed E-state index contributed by atoms with van der Waals surface area (Å²) in [5.41, 5.74) is -5.41. The molecule has 0 bridgehead atoms. The van der Waals surface area contributed by atoms with Gasteiger partial charge in [-0.1, -0.05) is 11.6 Å². The van der Waals surface area contributed by atoms with Gasteiger partial charge in [-0.15, -0.1) is 13.2 Å². The number of alkyl halides is 7. The zero-order chi connectivity index (χ0) is 26.7. The van der Waals surface area contributed by atoms with Crippen LogP contribution in [0.1, 0.15) is 18.9 Å². The van der Waals surface area contributed by atoms with Gasteiger partial charge in [0.2, 0.25) is 0 Å². The molecule has 0 aliphatic carbocycles. The van der Waals surface area contributed by atoms with E-state index in [1.54, 1.807) is 0 Å². The fourth-order valence-electron chi connectivity index (χ4n) is 3.61. The fraction of sp³-hybridized carbons (Fsp3) is 0.429. The van der Waals surface area contributed by atoms with Crippen molar-refractivity contribution in [2.24, 2.45) is 0 Å². The van der Waals surface area contributed by atoms with Crippen LogP contribution in [0.5, 0.6) is 5.75 Å². The van der Waals surface area contributed by atoms with Crippen LogP contribution in [-0.4, -0.2) is 59.0 Å². The molecule has 1 aliphatic heterocycles. The van der Waals surface area contributed by atoms with Crippen LogP contribution in [0.15, 0.2) is 43.0 Å². The van der Waals surface area contributed by atoms with Crippen molar-refractivity contribution in [3.05, 3.63) is 48.5 Å². The van der Waals surface area contributed by atoms with E-state index in [4.69, 9.17) is 16.3 Å². The summed E-state index contributed by atoms with van der Waals surface area (Å²) in [4.78, 5) is 34.5. The molecule has 2 heterocycles. The summed E-state index contributed by atoms with van der Waals surface area (Å²) < 4.78 is 89.1. The molecule has 8 nitrogen and oxygen atoms in total. The third-order valence-electron chi connectivity index (χ3n) is 5.41. The van der Waals surface area contributed by atoms with Crippen LogP contribution in [0.25, 0.3) is 0 Å². The van der Waals surface area contributed by atoms with Crippen LogP contribution in [-0.2, 0) is 19.9 Å². The number of hydrogen-bond donors (Lipinski definition) is 1. The highest BCUT2D eigenvalue weighted by atomic mass is 35.5. The van der Waals surface area contributed by atoms with E-state index in [9.17, 15) is 35.9 Å². The summed E-state index contributed by atoms with van der Waals surface area (Å²) in [6, 6.07) is 1.82. The van der Waals surface area contributed by atoms with E-state index in [1.165, 1.54) is 0 Å². The number of amides is 2. The van der Waals surface area contributed by atoms with Crippen LogP contribution in [0.4, 0.5) is 32.0 Å². The monoisotopic (exact) mass is 540 g/mol. The van der Waals surface area contributed by atoms with Crippen molar-refractivity contribution in [2.45, 2.75) is 42.8 Å². The molecule has 1 unspecified atom stereocenters. The standard InChI is InChI=1S/C21H19ClF6N4O4/c1-19(12-8-29-11-30-9-12,18(34)31-15-6-7-35-10-20(15,24)25)32(17(33)16(22)23)13-2-4-14(5-3-13)36-21(26,27)28/h2-5,8-9,11,15-16H,6-7,10H2,1H3,(H,31,34)/t15?,16-,19+/m0/s1. The van der Waals surface area contributed by atoms with Gasteiger partial charge in [0.25, 0.3) is 23.4 Å². The second-order valence-electron chi connectivity index (χ2n) is 7.84. The summed E-state index contributed by atoms with van der Waals surface area (Å²) in [5, 5.41) is 2.18. The van der Waals surface area contributed by atoms with Crippen LogP contribution in [0.2, 0.25) is 0 Å². The first-order chi connectivity index (χ1) is 16.8. The summed E-state index contributed by atoms with van der Waals surface area (Å²) in [6.45, 7) is 0.0691. The molecule has 1 N–H and O–H groups in total. The lowest BCUT2D eigenvalue weighted by Gasteiger charge is -2.42. The molecule has 3 rings (SSSR count). The minimum atomic E-state index is -5.01. The number of hydrogen-bond acceptors (Lipinski definition) is 6. The van der Waals surface area contributed by atoms with Crippen molar-refractivity contribution >= 4 is 29.1 Å². The summed E-state index contributed by atoms with van der Waals surface area (Å²) in [6.07, 6.45) is -2.00. The van der Waals surface area contributed by atoms with Gasteiger partial charge in [-0.3, -0.25) is 14.5 Å². The number of benzene rings is 1. The van der Waals surface area contributed by atoms with Gasteiger partial charge < -0.3 is 14.8 Å². The average molecular weight is 541 g/mol. The summed E-state index contributed by atoms with van der Waals surface area (Å²) >= 11 is 5.40. The summed E-state index contributed by atoms with van der Waals surface area (Å²) in [5.74, 6) is -6.80. The van der Waals surface area contributed by atoms with E-state index in [0.29, 0.717) is 4.90 Å². The molecule has 36 heavy (non-hydrogen) atoms. The second-order valence-corrected chi connectivity index (χ2v) is 8.23. The number of nitrogens with zero attached hydrogens (tertiary/aromatic N) is 3. The maximum atomic E-state index is 14.4. The molecule has 1 aliphatic rings. The molecule has 2 amide bonds. The molecular weight excluding hydrogens is 522 g/mol. The number of carbonyl (C=O) groups excluding carboxylic acids is 2. The Bertz CT molecular complexity index is 1070. The molecule has 1 saturated heterocycles. The fourth-order valence-corrected chi connectivity index (χ4v) is 3.71. The Balaban J connectivity index is 2.10. The van der Waals surface area contributed by atoms with E-state index in [0.717, 1.165) is 49.9 Å². The Morgan fingerprint density at radius 1 is 1.22 bits per heavy atom. The van der Waals surface area contributed by atoms with Gasteiger partial charge in [0.15, 0.2) is 5.54 Å². The quantitative estimate of drug-likeness (QED) is 0.425. The molecule has 1 aromatic heterocycles. The molecular formula is C21H19ClF6N4O4. The molecule has 1 fully saturated rings. The van der Waals surface area contributed by atoms with Gasteiger partial charge in [0.1, 0.15) is 18.7 Å². The number of anilines is 1. The SMILES string of the molecule is C[C@](C(=O)NC1CCOCC1(F)F)(c1cncnc1)N(C(=O)[C@H](F)Cl)c1ccc(OC(F)(F)F)cc1. The lowest BCUT2D eigenvalue weighted by atomic mass is 9.89. The van der Waals surface area contributed by atoms with E-state index < -0.39 is 53.7 Å². The normalized spacial score (nSPS) is 20.1. The van der Waals surface area contributed by atoms with Crippen LogP contribution in [0, 0.1) is 0 Å². The molecule has 2 aromatic rings. The third kappa shape index (κ3) is 5.98. The lowest BCUT2D eigenvalue weighted by molar-refractivity contribution is -0.274. The maximum Gasteiger partial charge on any atom is 0.573 e.